The Morgan fingerprint density at radius 1 is 1.25 bits per heavy atom. The molecule has 4 nitrogen and oxygen atoms in total. The molecule has 0 aliphatic heterocycles. The van der Waals surface area contributed by atoms with Gasteiger partial charge in [-0.05, 0) is 30.5 Å². The molecule has 0 spiro atoms. The van der Waals surface area contributed by atoms with Crippen LogP contribution in [0.3, 0.4) is 0 Å². The molecular weight excluding hydrogens is 252 g/mol. The SMILES string of the molecule is CNC(=O)c1ccc(CNCCOC2CCCC2)cc1. The molecular formula is C16H24N2O2. The third kappa shape index (κ3) is 4.62. The van der Waals surface area contributed by atoms with Crippen LogP contribution in [0.2, 0.25) is 0 Å². The van der Waals surface area contributed by atoms with Crippen molar-refractivity contribution in [1.29, 1.82) is 0 Å². The molecule has 1 aliphatic carbocycles. The highest BCUT2D eigenvalue weighted by Gasteiger charge is 2.14. The molecule has 110 valence electrons. The average molecular weight is 276 g/mol. The van der Waals surface area contributed by atoms with E-state index in [4.69, 9.17) is 4.74 Å². The van der Waals surface area contributed by atoms with E-state index in [9.17, 15) is 4.79 Å². The number of carbonyl (C=O) groups is 1. The van der Waals surface area contributed by atoms with Crippen molar-refractivity contribution < 1.29 is 9.53 Å². The molecule has 0 unspecified atom stereocenters. The molecule has 1 aliphatic rings. The predicted octanol–water partition coefficient (Wildman–Crippen LogP) is 2.09. The molecule has 1 saturated carbocycles. The Morgan fingerprint density at radius 2 is 1.95 bits per heavy atom. The summed E-state index contributed by atoms with van der Waals surface area (Å²) in [7, 11) is 1.64. The first-order valence-electron chi connectivity index (χ1n) is 7.43. The molecule has 1 fully saturated rings. The van der Waals surface area contributed by atoms with Crippen LogP contribution in [0.25, 0.3) is 0 Å². The fourth-order valence-electron chi connectivity index (χ4n) is 2.50. The van der Waals surface area contributed by atoms with Gasteiger partial charge >= 0.3 is 0 Å². The lowest BCUT2D eigenvalue weighted by Gasteiger charge is -2.11. The number of hydrogen-bond donors (Lipinski definition) is 2. The molecule has 0 saturated heterocycles. The number of nitrogens with one attached hydrogen (secondary N) is 2. The molecule has 20 heavy (non-hydrogen) atoms. The molecule has 2 rings (SSSR count). The predicted molar refractivity (Wildman–Crippen MR) is 79.7 cm³/mol. The van der Waals surface area contributed by atoms with Crippen molar-refractivity contribution in [2.45, 2.75) is 38.3 Å². The zero-order chi connectivity index (χ0) is 14.2. The van der Waals surface area contributed by atoms with Crippen molar-refractivity contribution in [1.82, 2.24) is 10.6 Å². The van der Waals surface area contributed by atoms with Gasteiger partial charge in [0.2, 0.25) is 0 Å². The van der Waals surface area contributed by atoms with Crippen molar-refractivity contribution >= 4 is 5.91 Å². The normalized spacial score (nSPS) is 15.4. The second kappa shape index (κ2) is 8.02. The summed E-state index contributed by atoms with van der Waals surface area (Å²) in [6, 6.07) is 7.67. The van der Waals surface area contributed by atoms with Gasteiger partial charge in [-0.15, -0.1) is 0 Å². The molecule has 0 atom stereocenters. The average Bonchev–Trinajstić information content (AvgIpc) is 3.00. The first-order valence-corrected chi connectivity index (χ1v) is 7.43. The Morgan fingerprint density at radius 3 is 2.60 bits per heavy atom. The summed E-state index contributed by atoms with van der Waals surface area (Å²) >= 11 is 0. The van der Waals surface area contributed by atoms with Crippen molar-refractivity contribution in [2.75, 3.05) is 20.2 Å². The first kappa shape index (κ1) is 15.0. The van der Waals surface area contributed by atoms with Gasteiger partial charge in [0.15, 0.2) is 0 Å². The summed E-state index contributed by atoms with van der Waals surface area (Å²) in [6.07, 6.45) is 5.57. The molecule has 1 aromatic carbocycles. The van der Waals surface area contributed by atoms with Crippen LogP contribution >= 0.6 is 0 Å². The minimum Gasteiger partial charge on any atom is -0.377 e. The largest absolute Gasteiger partial charge is 0.377 e. The van der Waals surface area contributed by atoms with Gasteiger partial charge in [-0.25, -0.2) is 0 Å². The number of hydrogen-bond acceptors (Lipinski definition) is 3. The number of rotatable bonds is 7. The number of carbonyl (C=O) groups excluding carboxylic acids is 1. The summed E-state index contributed by atoms with van der Waals surface area (Å²) in [5.41, 5.74) is 1.87. The zero-order valence-electron chi connectivity index (χ0n) is 12.2. The highest BCUT2D eigenvalue weighted by atomic mass is 16.5. The quantitative estimate of drug-likeness (QED) is 0.750. The smallest absolute Gasteiger partial charge is 0.251 e. The maximum absolute atomic E-state index is 11.4. The summed E-state index contributed by atoms with van der Waals surface area (Å²) in [5.74, 6) is -0.0468. The van der Waals surface area contributed by atoms with Crippen LogP contribution < -0.4 is 10.6 Å². The van der Waals surface area contributed by atoms with Crippen LogP contribution in [0.1, 0.15) is 41.6 Å². The van der Waals surface area contributed by atoms with Crippen molar-refractivity contribution in [3.05, 3.63) is 35.4 Å². The van der Waals surface area contributed by atoms with Gasteiger partial charge < -0.3 is 15.4 Å². The van der Waals surface area contributed by atoms with Gasteiger partial charge in [-0.3, -0.25) is 4.79 Å². The molecule has 0 aromatic heterocycles. The molecule has 4 heteroatoms. The summed E-state index contributed by atoms with van der Waals surface area (Å²) in [6.45, 7) is 2.46. The standard InChI is InChI=1S/C16H24N2O2/c1-17-16(19)14-8-6-13(7-9-14)12-18-10-11-20-15-4-2-3-5-15/h6-9,15,18H,2-5,10-12H2,1H3,(H,17,19). The lowest BCUT2D eigenvalue weighted by atomic mass is 10.1. The van der Waals surface area contributed by atoms with E-state index in [-0.39, 0.29) is 5.91 Å². The Labute approximate surface area is 120 Å². The van der Waals surface area contributed by atoms with Gasteiger partial charge in [0.25, 0.3) is 5.91 Å². The number of ether oxygens (including phenoxy) is 1. The van der Waals surface area contributed by atoms with Gasteiger partial charge in [-0.2, -0.15) is 0 Å². The van der Waals surface area contributed by atoms with E-state index >= 15 is 0 Å². The first-order chi connectivity index (χ1) is 9.79. The summed E-state index contributed by atoms with van der Waals surface area (Å²) < 4.78 is 5.79. The van der Waals surface area contributed by atoms with E-state index in [0.29, 0.717) is 11.7 Å². The molecule has 1 amide bonds. The van der Waals surface area contributed by atoms with Gasteiger partial charge in [-0.1, -0.05) is 25.0 Å². The van der Waals surface area contributed by atoms with Crippen molar-refractivity contribution in [3.63, 3.8) is 0 Å². The Bertz CT molecular complexity index is 411. The number of benzene rings is 1. The van der Waals surface area contributed by atoms with Crippen LogP contribution in [0.15, 0.2) is 24.3 Å². The highest BCUT2D eigenvalue weighted by molar-refractivity contribution is 5.93. The fraction of sp³-hybridized carbons (Fsp3) is 0.562. The summed E-state index contributed by atoms with van der Waals surface area (Å²) in [5, 5.41) is 5.98. The Hall–Kier alpha value is -1.39. The van der Waals surface area contributed by atoms with Crippen LogP contribution in [-0.2, 0) is 11.3 Å². The maximum Gasteiger partial charge on any atom is 0.251 e. The molecule has 1 aromatic rings. The maximum atomic E-state index is 11.4. The third-order valence-corrected chi connectivity index (χ3v) is 3.71. The fourth-order valence-corrected chi connectivity index (χ4v) is 2.50. The minimum atomic E-state index is -0.0468. The van der Waals surface area contributed by atoms with Gasteiger partial charge in [0.05, 0.1) is 12.7 Å². The Kier molecular flexibility index (Phi) is 6.02. The van der Waals surface area contributed by atoms with Crippen LogP contribution in [0.4, 0.5) is 0 Å². The second-order valence-electron chi connectivity index (χ2n) is 5.23. The van der Waals surface area contributed by atoms with Crippen LogP contribution in [0, 0.1) is 0 Å². The minimum absolute atomic E-state index is 0.0468. The lowest BCUT2D eigenvalue weighted by molar-refractivity contribution is 0.0602. The van der Waals surface area contributed by atoms with Crippen molar-refractivity contribution in [3.8, 4) is 0 Å². The zero-order valence-corrected chi connectivity index (χ0v) is 12.2. The van der Waals surface area contributed by atoms with Crippen molar-refractivity contribution in [2.24, 2.45) is 0 Å². The lowest BCUT2D eigenvalue weighted by Crippen LogP contribution is -2.22. The monoisotopic (exact) mass is 276 g/mol. The molecule has 0 bridgehead atoms. The second-order valence-corrected chi connectivity index (χ2v) is 5.23. The van der Waals surface area contributed by atoms with E-state index in [0.717, 1.165) is 19.7 Å². The van der Waals surface area contributed by atoms with E-state index in [1.54, 1.807) is 7.05 Å². The van der Waals surface area contributed by atoms with Gasteiger partial charge in [0.1, 0.15) is 0 Å². The van der Waals surface area contributed by atoms with E-state index in [2.05, 4.69) is 10.6 Å². The van der Waals surface area contributed by atoms with E-state index < -0.39 is 0 Å². The van der Waals surface area contributed by atoms with E-state index in [1.165, 1.54) is 31.2 Å². The summed E-state index contributed by atoms with van der Waals surface area (Å²) in [4.78, 5) is 11.4. The highest BCUT2D eigenvalue weighted by Crippen LogP contribution is 2.20. The topological polar surface area (TPSA) is 50.4 Å². The molecule has 0 heterocycles. The third-order valence-electron chi connectivity index (χ3n) is 3.71. The molecule has 2 N–H and O–H groups in total. The molecule has 0 radical (unpaired) electrons. The Balaban J connectivity index is 1.62. The van der Waals surface area contributed by atoms with Crippen LogP contribution in [-0.4, -0.2) is 32.2 Å². The van der Waals surface area contributed by atoms with Gasteiger partial charge in [0, 0.05) is 25.7 Å². The number of amides is 1. The van der Waals surface area contributed by atoms with Crippen LogP contribution in [0.5, 0.6) is 0 Å². The van der Waals surface area contributed by atoms with E-state index in [1.807, 2.05) is 24.3 Å².